The molecule has 3 rings (SSSR count). The first-order chi connectivity index (χ1) is 16.2. The number of amides is 2. The van der Waals surface area contributed by atoms with E-state index in [9.17, 15) is 9.59 Å². The fraction of sp³-hybridized carbons (Fsp3) is 0.385. The van der Waals surface area contributed by atoms with Gasteiger partial charge in [0.2, 0.25) is 5.91 Å². The van der Waals surface area contributed by atoms with Crippen molar-refractivity contribution in [3.8, 4) is 0 Å². The lowest BCUT2D eigenvalue weighted by atomic mass is 10.0. The zero-order valence-electron chi connectivity index (χ0n) is 20.7. The number of hydrogen-bond donors (Lipinski definition) is 2. The SMILES string of the molecule is CCn1c(SCC(=O)Nc2ccc(C)cc2C)nnc1[C@@H](NC(=O)c1cccc(C)c1)C(C)C. The van der Waals surface area contributed by atoms with Gasteiger partial charge in [0.05, 0.1) is 11.8 Å². The quantitative estimate of drug-likeness (QED) is 0.418. The highest BCUT2D eigenvalue weighted by atomic mass is 32.2. The van der Waals surface area contributed by atoms with Crippen LogP contribution < -0.4 is 10.6 Å². The molecule has 0 aliphatic carbocycles. The smallest absolute Gasteiger partial charge is 0.251 e. The molecule has 1 atom stereocenters. The van der Waals surface area contributed by atoms with Gasteiger partial charge in [-0.15, -0.1) is 10.2 Å². The minimum absolute atomic E-state index is 0.0997. The van der Waals surface area contributed by atoms with Crippen molar-refractivity contribution in [1.29, 1.82) is 0 Å². The molecule has 0 aliphatic heterocycles. The third kappa shape index (κ3) is 6.26. The van der Waals surface area contributed by atoms with E-state index in [4.69, 9.17) is 0 Å². The summed E-state index contributed by atoms with van der Waals surface area (Å²) < 4.78 is 1.97. The van der Waals surface area contributed by atoms with E-state index >= 15 is 0 Å². The van der Waals surface area contributed by atoms with Gasteiger partial charge in [-0.3, -0.25) is 9.59 Å². The molecule has 0 aliphatic rings. The zero-order chi connectivity index (χ0) is 24.8. The third-order valence-corrected chi connectivity index (χ3v) is 6.53. The van der Waals surface area contributed by atoms with Crippen molar-refractivity contribution in [2.45, 2.75) is 59.3 Å². The van der Waals surface area contributed by atoms with Gasteiger partial charge in [0.1, 0.15) is 0 Å². The molecule has 8 heteroatoms. The molecule has 0 saturated heterocycles. The molecule has 2 aromatic carbocycles. The summed E-state index contributed by atoms with van der Waals surface area (Å²) in [5.41, 5.74) is 4.64. The van der Waals surface area contributed by atoms with Crippen LogP contribution in [0.4, 0.5) is 5.69 Å². The number of carbonyl (C=O) groups is 2. The standard InChI is InChI=1S/C26H33N5O2S/c1-7-31-24(23(16(2)3)28-25(33)20-10-8-9-17(4)14-20)29-30-26(31)34-15-22(32)27-21-12-11-18(5)13-19(21)6/h8-14,16,23H,7,15H2,1-6H3,(H,27,32)(H,28,33)/t23-/m0/s1. The van der Waals surface area contributed by atoms with Gasteiger partial charge in [0.15, 0.2) is 11.0 Å². The second-order valence-corrected chi connectivity index (χ2v) is 9.75. The number of hydrogen-bond acceptors (Lipinski definition) is 5. The summed E-state index contributed by atoms with van der Waals surface area (Å²) in [5, 5.41) is 15.5. The number of nitrogens with zero attached hydrogens (tertiary/aromatic N) is 3. The summed E-state index contributed by atoms with van der Waals surface area (Å²) in [7, 11) is 0. The molecule has 0 fully saturated rings. The lowest BCUT2D eigenvalue weighted by Gasteiger charge is -2.22. The van der Waals surface area contributed by atoms with E-state index in [-0.39, 0.29) is 29.5 Å². The first-order valence-corrected chi connectivity index (χ1v) is 12.5. The monoisotopic (exact) mass is 479 g/mol. The predicted molar refractivity (Wildman–Crippen MR) is 137 cm³/mol. The van der Waals surface area contributed by atoms with Gasteiger partial charge in [-0.2, -0.15) is 0 Å². The number of carbonyl (C=O) groups excluding carboxylic acids is 2. The fourth-order valence-electron chi connectivity index (χ4n) is 3.74. The van der Waals surface area contributed by atoms with Gasteiger partial charge < -0.3 is 15.2 Å². The molecule has 0 spiro atoms. The molecule has 0 unspecified atom stereocenters. The highest BCUT2D eigenvalue weighted by molar-refractivity contribution is 7.99. The van der Waals surface area contributed by atoms with Crippen molar-refractivity contribution in [3.05, 3.63) is 70.5 Å². The van der Waals surface area contributed by atoms with Crippen molar-refractivity contribution in [2.24, 2.45) is 5.92 Å². The van der Waals surface area contributed by atoms with Crippen LogP contribution in [-0.2, 0) is 11.3 Å². The maximum absolute atomic E-state index is 12.9. The number of aryl methyl sites for hydroxylation is 3. The minimum atomic E-state index is -0.307. The average molecular weight is 480 g/mol. The van der Waals surface area contributed by atoms with E-state index in [1.807, 2.05) is 82.5 Å². The van der Waals surface area contributed by atoms with Crippen LogP contribution in [0.15, 0.2) is 47.6 Å². The Morgan fingerprint density at radius 2 is 1.76 bits per heavy atom. The van der Waals surface area contributed by atoms with Crippen LogP contribution in [0.3, 0.4) is 0 Å². The fourth-order valence-corrected chi connectivity index (χ4v) is 4.55. The lowest BCUT2D eigenvalue weighted by molar-refractivity contribution is -0.113. The Kier molecular flexibility index (Phi) is 8.50. The number of aromatic nitrogens is 3. The van der Waals surface area contributed by atoms with E-state index in [1.165, 1.54) is 11.8 Å². The molecule has 0 saturated carbocycles. The van der Waals surface area contributed by atoms with Crippen LogP contribution in [0.25, 0.3) is 0 Å². The molecule has 1 aromatic heterocycles. The number of nitrogens with one attached hydrogen (secondary N) is 2. The Balaban J connectivity index is 1.72. The van der Waals surface area contributed by atoms with E-state index in [0.29, 0.717) is 23.1 Å². The van der Waals surface area contributed by atoms with Crippen molar-refractivity contribution in [3.63, 3.8) is 0 Å². The van der Waals surface area contributed by atoms with Crippen LogP contribution >= 0.6 is 11.8 Å². The third-order valence-electron chi connectivity index (χ3n) is 5.56. The molecule has 0 bridgehead atoms. The zero-order valence-corrected chi connectivity index (χ0v) is 21.5. The lowest BCUT2D eigenvalue weighted by Crippen LogP contribution is -2.33. The largest absolute Gasteiger partial charge is 0.342 e. The first-order valence-electron chi connectivity index (χ1n) is 11.5. The average Bonchev–Trinajstić information content (AvgIpc) is 3.20. The summed E-state index contributed by atoms with van der Waals surface area (Å²) in [6.45, 7) is 12.7. The number of rotatable bonds is 9. The van der Waals surface area contributed by atoms with Crippen molar-refractivity contribution < 1.29 is 9.59 Å². The van der Waals surface area contributed by atoms with E-state index in [0.717, 1.165) is 22.4 Å². The molecule has 34 heavy (non-hydrogen) atoms. The molecule has 0 radical (unpaired) electrons. The normalized spacial score (nSPS) is 12.0. The Bertz CT molecular complexity index is 1170. The van der Waals surface area contributed by atoms with E-state index in [1.54, 1.807) is 6.07 Å². The van der Waals surface area contributed by atoms with Crippen LogP contribution in [-0.4, -0.2) is 32.3 Å². The second-order valence-electron chi connectivity index (χ2n) is 8.80. The van der Waals surface area contributed by atoms with Gasteiger partial charge in [-0.25, -0.2) is 0 Å². The van der Waals surface area contributed by atoms with Gasteiger partial charge in [-0.05, 0) is 57.4 Å². The molecule has 1 heterocycles. The summed E-state index contributed by atoms with van der Waals surface area (Å²) in [4.78, 5) is 25.5. The van der Waals surface area contributed by atoms with Crippen LogP contribution in [0.5, 0.6) is 0 Å². The number of anilines is 1. The topological polar surface area (TPSA) is 88.9 Å². The van der Waals surface area contributed by atoms with Crippen molar-refractivity contribution >= 4 is 29.3 Å². The van der Waals surface area contributed by atoms with Crippen LogP contribution in [0, 0.1) is 26.7 Å². The number of benzene rings is 2. The number of thioether (sulfide) groups is 1. The Labute approximate surface area is 205 Å². The summed E-state index contributed by atoms with van der Waals surface area (Å²) in [6, 6.07) is 13.1. The van der Waals surface area contributed by atoms with E-state index in [2.05, 4.69) is 20.8 Å². The Morgan fingerprint density at radius 1 is 1.03 bits per heavy atom. The summed E-state index contributed by atoms with van der Waals surface area (Å²) in [5.74, 6) is 0.769. The Hall–Kier alpha value is -3.13. The summed E-state index contributed by atoms with van der Waals surface area (Å²) in [6.07, 6.45) is 0. The second kappa shape index (κ2) is 11.3. The summed E-state index contributed by atoms with van der Waals surface area (Å²) >= 11 is 1.34. The minimum Gasteiger partial charge on any atom is -0.342 e. The van der Waals surface area contributed by atoms with Crippen LogP contribution in [0.2, 0.25) is 0 Å². The molecule has 2 amide bonds. The molecular formula is C26H33N5O2S. The van der Waals surface area contributed by atoms with Crippen molar-refractivity contribution in [2.75, 3.05) is 11.1 Å². The van der Waals surface area contributed by atoms with Gasteiger partial charge in [-0.1, -0.05) is 61.0 Å². The van der Waals surface area contributed by atoms with Gasteiger partial charge in [0.25, 0.3) is 5.91 Å². The molecular weight excluding hydrogens is 446 g/mol. The molecule has 180 valence electrons. The van der Waals surface area contributed by atoms with Crippen molar-refractivity contribution in [1.82, 2.24) is 20.1 Å². The molecule has 3 aromatic rings. The predicted octanol–water partition coefficient (Wildman–Crippen LogP) is 5.08. The highest BCUT2D eigenvalue weighted by Crippen LogP contribution is 2.26. The first kappa shape index (κ1) is 25.5. The van der Waals surface area contributed by atoms with Crippen LogP contribution in [0.1, 0.15) is 59.7 Å². The molecule has 2 N–H and O–H groups in total. The molecule has 7 nitrogen and oxygen atoms in total. The maximum atomic E-state index is 12.9. The highest BCUT2D eigenvalue weighted by Gasteiger charge is 2.26. The Morgan fingerprint density at radius 3 is 2.41 bits per heavy atom. The van der Waals surface area contributed by atoms with E-state index < -0.39 is 0 Å². The maximum Gasteiger partial charge on any atom is 0.251 e. The van der Waals surface area contributed by atoms with Gasteiger partial charge >= 0.3 is 0 Å². The van der Waals surface area contributed by atoms with Gasteiger partial charge in [0, 0.05) is 17.8 Å².